The summed E-state index contributed by atoms with van der Waals surface area (Å²) in [4.78, 5) is 12.1. The second kappa shape index (κ2) is 7.68. The second-order valence-corrected chi connectivity index (χ2v) is 5.64. The minimum atomic E-state index is -0.288. The van der Waals surface area contributed by atoms with Gasteiger partial charge < -0.3 is 9.30 Å². The molecule has 6 heteroatoms. The van der Waals surface area contributed by atoms with Gasteiger partial charge in [0.1, 0.15) is 5.75 Å². The Morgan fingerprint density at radius 2 is 1.84 bits per heavy atom. The van der Waals surface area contributed by atoms with Crippen LogP contribution in [0.4, 0.5) is 0 Å². The van der Waals surface area contributed by atoms with Crippen molar-refractivity contribution in [1.29, 1.82) is 0 Å². The summed E-state index contributed by atoms with van der Waals surface area (Å²) < 4.78 is 7.01. The molecule has 1 aromatic heterocycles. The maximum absolute atomic E-state index is 12.1. The van der Waals surface area contributed by atoms with Crippen molar-refractivity contribution in [3.8, 4) is 11.4 Å². The Labute approximate surface area is 150 Å². The molecule has 0 radical (unpaired) electrons. The molecule has 0 spiro atoms. The summed E-state index contributed by atoms with van der Waals surface area (Å²) in [5, 5.41) is 4.71. The summed E-state index contributed by atoms with van der Waals surface area (Å²) in [6.45, 7) is 0. The Morgan fingerprint density at radius 3 is 2.52 bits per heavy atom. The maximum atomic E-state index is 12.1. The number of amides is 1. The first kappa shape index (κ1) is 16.8. The summed E-state index contributed by atoms with van der Waals surface area (Å²) in [5.41, 5.74) is 4.81. The number of carbonyl (C=O) groups is 1. The van der Waals surface area contributed by atoms with Gasteiger partial charge in [-0.05, 0) is 60.7 Å². The van der Waals surface area contributed by atoms with Gasteiger partial charge in [0.15, 0.2) is 0 Å². The number of nitrogens with zero attached hydrogens (tertiary/aromatic N) is 2. The van der Waals surface area contributed by atoms with Gasteiger partial charge in [0.25, 0.3) is 5.91 Å². The number of hydrazone groups is 1. The smallest absolute Gasteiger partial charge is 0.271 e. The van der Waals surface area contributed by atoms with Crippen LogP contribution < -0.4 is 10.2 Å². The van der Waals surface area contributed by atoms with Gasteiger partial charge in [0.05, 0.1) is 19.0 Å². The minimum Gasteiger partial charge on any atom is -0.497 e. The lowest BCUT2D eigenvalue weighted by molar-refractivity contribution is 0.0955. The van der Waals surface area contributed by atoms with Crippen LogP contribution in [-0.2, 0) is 0 Å². The molecule has 1 heterocycles. The molecule has 0 unspecified atom stereocenters. The van der Waals surface area contributed by atoms with Gasteiger partial charge in [-0.15, -0.1) is 0 Å². The molecule has 25 heavy (non-hydrogen) atoms. The van der Waals surface area contributed by atoms with Crippen molar-refractivity contribution in [2.45, 2.75) is 0 Å². The Morgan fingerprint density at radius 1 is 1.12 bits per heavy atom. The molecule has 3 aromatic rings. The summed E-state index contributed by atoms with van der Waals surface area (Å²) in [6, 6.07) is 18.1. The van der Waals surface area contributed by atoms with Crippen LogP contribution in [0.15, 0.2) is 72.0 Å². The predicted octanol–water partition coefficient (Wildman–Crippen LogP) is 3.90. The van der Waals surface area contributed by atoms with E-state index in [-0.39, 0.29) is 5.91 Å². The number of benzene rings is 2. The van der Waals surface area contributed by atoms with E-state index < -0.39 is 0 Å². The van der Waals surface area contributed by atoms with Crippen molar-refractivity contribution in [2.75, 3.05) is 7.11 Å². The van der Waals surface area contributed by atoms with E-state index in [9.17, 15) is 4.79 Å². The highest BCUT2D eigenvalue weighted by Gasteiger charge is 2.05. The number of nitrogens with one attached hydrogen (secondary N) is 1. The molecule has 0 saturated carbocycles. The molecule has 1 amide bonds. The number of hydrogen-bond donors (Lipinski definition) is 1. The van der Waals surface area contributed by atoms with Gasteiger partial charge in [-0.3, -0.25) is 4.79 Å². The Bertz CT molecular complexity index is 884. The van der Waals surface area contributed by atoms with Crippen LogP contribution in [0.3, 0.4) is 0 Å². The highest BCUT2D eigenvalue weighted by molar-refractivity contribution is 6.30. The number of hydrogen-bond acceptors (Lipinski definition) is 3. The molecular weight excluding hydrogens is 338 g/mol. The molecule has 0 aliphatic heterocycles. The Balaban J connectivity index is 1.69. The van der Waals surface area contributed by atoms with Crippen LogP contribution in [0.1, 0.15) is 16.1 Å². The topological polar surface area (TPSA) is 55.6 Å². The van der Waals surface area contributed by atoms with Crippen molar-refractivity contribution >= 4 is 23.7 Å². The van der Waals surface area contributed by atoms with Gasteiger partial charge in [0.2, 0.25) is 0 Å². The van der Waals surface area contributed by atoms with Gasteiger partial charge in [-0.25, -0.2) is 5.43 Å². The fourth-order valence-corrected chi connectivity index (χ4v) is 2.43. The third-order valence-electron chi connectivity index (χ3n) is 3.60. The van der Waals surface area contributed by atoms with Crippen LogP contribution in [0.5, 0.6) is 5.75 Å². The van der Waals surface area contributed by atoms with Gasteiger partial charge >= 0.3 is 0 Å². The molecule has 0 fully saturated rings. The van der Waals surface area contributed by atoms with Crippen molar-refractivity contribution < 1.29 is 9.53 Å². The minimum absolute atomic E-state index is 0.288. The zero-order valence-electron chi connectivity index (χ0n) is 13.5. The monoisotopic (exact) mass is 353 g/mol. The number of aromatic nitrogens is 1. The summed E-state index contributed by atoms with van der Waals surface area (Å²) >= 11 is 5.92. The Hall–Kier alpha value is -3.05. The normalized spacial score (nSPS) is 10.8. The van der Waals surface area contributed by atoms with E-state index in [1.54, 1.807) is 37.6 Å². The number of ether oxygens (including phenoxy) is 1. The molecule has 3 rings (SSSR count). The lowest BCUT2D eigenvalue weighted by Crippen LogP contribution is -2.17. The van der Waals surface area contributed by atoms with Crippen molar-refractivity contribution in [3.63, 3.8) is 0 Å². The van der Waals surface area contributed by atoms with E-state index in [2.05, 4.69) is 10.5 Å². The standard InChI is InChI=1S/C19H16ClN3O2/c1-25-18-10-4-14(5-11-18)19(24)22-21-13-17-3-2-12-23(17)16-8-6-15(20)7-9-16/h2-13H,1H3,(H,22,24)/b21-13-. The molecule has 1 N–H and O–H groups in total. The average molecular weight is 354 g/mol. The average Bonchev–Trinajstić information content (AvgIpc) is 3.11. The molecule has 0 aliphatic carbocycles. The molecule has 0 aliphatic rings. The highest BCUT2D eigenvalue weighted by atomic mass is 35.5. The molecule has 0 atom stereocenters. The van der Waals surface area contributed by atoms with Crippen molar-refractivity contribution in [1.82, 2.24) is 9.99 Å². The van der Waals surface area contributed by atoms with E-state index in [1.165, 1.54) is 0 Å². The molecule has 5 nitrogen and oxygen atoms in total. The predicted molar refractivity (Wildman–Crippen MR) is 98.8 cm³/mol. The number of methoxy groups -OCH3 is 1. The zero-order valence-corrected chi connectivity index (χ0v) is 14.3. The van der Waals surface area contributed by atoms with E-state index in [1.807, 2.05) is 47.2 Å². The molecule has 2 aromatic carbocycles. The third-order valence-corrected chi connectivity index (χ3v) is 3.85. The first-order valence-corrected chi connectivity index (χ1v) is 7.96. The fraction of sp³-hybridized carbons (Fsp3) is 0.0526. The number of rotatable bonds is 5. The van der Waals surface area contributed by atoms with Crippen LogP contribution in [0.25, 0.3) is 5.69 Å². The maximum Gasteiger partial charge on any atom is 0.271 e. The molecule has 0 bridgehead atoms. The summed E-state index contributed by atoms with van der Waals surface area (Å²) in [7, 11) is 1.58. The van der Waals surface area contributed by atoms with Crippen molar-refractivity contribution in [3.05, 3.63) is 83.1 Å². The Kier molecular flexibility index (Phi) is 5.16. The lowest BCUT2D eigenvalue weighted by Gasteiger charge is -2.06. The van der Waals surface area contributed by atoms with Crippen LogP contribution >= 0.6 is 11.6 Å². The molecule has 0 saturated heterocycles. The van der Waals surface area contributed by atoms with E-state index in [0.29, 0.717) is 16.3 Å². The van der Waals surface area contributed by atoms with Crippen LogP contribution in [0, 0.1) is 0 Å². The molecular formula is C19H16ClN3O2. The number of halogens is 1. The second-order valence-electron chi connectivity index (χ2n) is 5.21. The van der Waals surface area contributed by atoms with E-state index in [0.717, 1.165) is 11.4 Å². The van der Waals surface area contributed by atoms with Crippen LogP contribution in [-0.4, -0.2) is 23.8 Å². The first-order valence-electron chi connectivity index (χ1n) is 7.58. The van der Waals surface area contributed by atoms with Crippen molar-refractivity contribution in [2.24, 2.45) is 5.10 Å². The largest absolute Gasteiger partial charge is 0.497 e. The van der Waals surface area contributed by atoms with Crippen LogP contribution in [0.2, 0.25) is 5.02 Å². The first-order chi connectivity index (χ1) is 12.2. The third kappa shape index (κ3) is 4.08. The zero-order chi connectivity index (χ0) is 17.6. The fourth-order valence-electron chi connectivity index (χ4n) is 2.30. The quantitative estimate of drug-likeness (QED) is 0.558. The van der Waals surface area contributed by atoms with Gasteiger partial charge in [-0.1, -0.05) is 11.6 Å². The summed E-state index contributed by atoms with van der Waals surface area (Å²) in [6.07, 6.45) is 3.51. The lowest BCUT2D eigenvalue weighted by atomic mass is 10.2. The molecule has 126 valence electrons. The number of carbonyl (C=O) groups excluding carboxylic acids is 1. The highest BCUT2D eigenvalue weighted by Crippen LogP contribution is 2.15. The van der Waals surface area contributed by atoms with Gasteiger partial charge in [-0.2, -0.15) is 5.10 Å². The van der Waals surface area contributed by atoms with E-state index >= 15 is 0 Å². The van der Waals surface area contributed by atoms with Gasteiger partial charge in [0, 0.05) is 22.5 Å². The van der Waals surface area contributed by atoms with E-state index in [4.69, 9.17) is 16.3 Å². The summed E-state index contributed by atoms with van der Waals surface area (Å²) in [5.74, 6) is 0.407. The SMILES string of the molecule is COc1ccc(C(=O)N/N=C\c2cccn2-c2ccc(Cl)cc2)cc1.